The van der Waals surface area contributed by atoms with Crippen LogP contribution in [0.3, 0.4) is 0 Å². The van der Waals surface area contributed by atoms with Crippen LogP contribution < -0.4 is 25.3 Å². The first kappa shape index (κ1) is 42.5. The second-order valence-electron chi connectivity index (χ2n) is 14.6. The van der Waals surface area contributed by atoms with Crippen molar-refractivity contribution in [2.45, 2.75) is 48.4 Å². The lowest BCUT2D eigenvalue weighted by Crippen LogP contribution is -2.55. The van der Waals surface area contributed by atoms with E-state index < -0.39 is 40.1 Å². The van der Waals surface area contributed by atoms with Gasteiger partial charge in [-0.15, -0.1) is 0 Å². The van der Waals surface area contributed by atoms with E-state index in [0.29, 0.717) is 50.6 Å². The van der Waals surface area contributed by atoms with Gasteiger partial charge in [0.1, 0.15) is 31.0 Å². The average Bonchev–Trinajstić information content (AvgIpc) is 3.75. The van der Waals surface area contributed by atoms with E-state index in [2.05, 4.69) is 16.4 Å². The third kappa shape index (κ3) is 9.20. The SMILES string of the molecule is COC(=O)[C@H](Cc1ccc(-c2ccc(C#N)cc2)cc1)NC(=O)C1Cc2cc3c(cc2CN1S(=O)(=O)c1cnc(N)s1)O[C@@H](c1ccc(OCc2ccc(Cl)c(Cl)c2)cc1)CO3. The van der Waals surface area contributed by atoms with Crippen molar-refractivity contribution in [2.24, 2.45) is 0 Å². The Morgan fingerprint density at radius 1 is 0.952 bits per heavy atom. The van der Waals surface area contributed by atoms with E-state index >= 15 is 0 Å². The van der Waals surface area contributed by atoms with Crippen LogP contribution in [0.1, 0.15) is 39.5 Å². The molecule has 5 aromatic carbocycles. The number of fused-ring (bicyclic) bond motifs is 2. The number of nitrogens with zero attached hydrogens (tertiary/aromatic N) is 3. The number of anilines is 1. The van der Waals surface area contributed by atoms with Gasteiger partial charge in [0.05, 0.1) is 35.0 Å². The van der Waals surface area contributed by atoms with Crippen LogP contribution >= 0.6 is 34.5 Å². The number of nitrogens with two attached hydrogens (primary N) is 1. The fourth-order valence-electron chi connectivity index (χ4n) is 7.26. The molecule has 1 aromatic heterocycles. The Labute approximate surface area is 371 Å². The van der Waals surface area contributed by atoms with Gasteiger partial charge >= 0.3 is 5.97 Å². The molecule has 0 spiro atoms. The van der Waals surface area contributed by atoms with Crippen LogP contribution in [-0.2, 0) is 50.3 Å². The number of aromatic nitrogens is 1. The minimum Gasteiger partial charge on any atom is -0.489 e. The highest BCUT2D eigenvalue weighted by Crippen LogP contribution is 2.42. The molecule has 3 atom stereocenters. The first-order chi connectivity index (χ1) is 29.9. The second-order valence-corrected chi connectivity index (χ2v) is 18.5. The third-order valence-corrected chi connectivity index (χ3v) is 14.4. The largest absolute Gasteiger partial charge is 0.489 e. The number of hydrogen-bond donors (Lipinski definition) is 2. The van der Waals surface area contributed by atoms with Crippen LogP contribution in [0, 0.1) is 11.3 Å². The molecule has 0 bridgehead atoms. The van der Waals surface area contributed by atoms with Gasteiger partial charge in [-0.25, -0.2) is 18.2 Å². The van der Waals surface area contributed by atoms with Crippen molar-refractivity contribution in [2.75, 3.05) is 19.5 Å². The summed E-state index contributed by atoms with van der Waals surface area (Å²) in [4.78, 5) is 31.4. The van der Waals surface area contributed by atoms with Gasteiger partial charge < -0.3 is 30.0 Å². The molecule has 62 heavy (non-hydrogen) atoms. The van der Waals surface area contributed by atoms with E-state index in [9.17, 15) is 18.0 Å². The summed E-state index contributed by atoms with van der Waals surface area (Å²) in [6.07, 6.45) is 0.721. The first-order valence-electron chi connectivity index (χ1n) is 19.2. The lowest BCUT2D eigenvalue weighted by molar-refractivity contribution is -0.145. The fraction of sp³-hybridized carbons (Fsp3) is 0.200. The van der Waals surface area contributed by atoms with Crippen LogP contribution in [0.5, 0.6) is 17.2 Å². The molecule has 0 radical (unpaired) electrons. The molecule has 1 amide bonds. The van der Waals surface area contributed by atoms with Gasteiger partial charge in [-0.1, -0.05) is 89.1 Å². The maximum absolute atomic E-state index is 14.3. The predicted molar refractivity (Wildman–Crippen MR) is 234 cm³/mol. The topological polar surface area (TPSA) is 183 Å². The normalized spacial score (nSPS) is 16.4. The molecule has 2 aliphatic rings. The Morgan fingerprint density at radius 2 is 1.65 bits per heavy atom. The number of methoxy groups -OCH3 is 1. The number of amides is 1. The summed E-state index contributed by atoms with van der Waals surface area (Å²) < 4.78 is 53.1. The maximum Gasteiger partial charge on any atom is 0.328 e. The zero-order valence-corrected chi connectivity index (χ0v) is 36.1. The van der Waals surface area contributed by atoms with E-state index in [0.717, 1.165) is 49.7 Å². The van der Waals surface area contributed by atoms with Crippen LogP contribution in [0.15, 0.2) is 114 Å². The van der Waals surface area contributed by atoms with Gasteiger partial charge in [-0.2, -0.15) is 9.57 Å². The van der Waals surface area contributed by atoms with Crippen LogP contribution in [0.2, 0.25) is 10.0 Å². The summed E-state index contributed by atoms with van der Waals surface area (Å²) in [6, 6.07) is 30.5. The average molecular weight is 911 g/mol. The number of nitrogen functional groups attached to an aromatic ring is 1. The highest BCUT2D eigenvalue weighted by atomic mass is 35.5. The number of carbonyl (C=O) groups is 2. The van der Waals surface area contributed by atoms with Gasteiger partial charge in [-0.3, -0.25) is 4.79 Å². The van der Waals surface area contributed by atoms with E-state index in [1.165, 1.54) is 7.11 Å². The van der Waals surface area contributed by atoms with Crippen LogP contribution in [0.4, 0.5) is 5.13 Å². The minimum absolute atomic E-state index is 0.0361. The second kappa shape index (κ2) is 18.1. The molecule has 316 valence electrons. The smallest absolute Gasteiger partial charge is 0.328 e. The Hall–Kier alpha value is -6.15. The van der Waals surface area contributed by atoms with E-state index in [1.54, 1.807) is 36.4 Å². The molecule has 0 saturated heterocycles. The molecule has 2 aliphatic heterocycles. The van der Waals surface area contributed by atoms with Gasteiger partial charge in [-0.05, 0) is 93.9 Å². The maximum atomic E-state index is 14.3. The number of benzene rings is 5. The zero-order chi connectivity index (χ0) is 43.5. The number of sulfonamides is 1. The summed E-state index contributed by atoms with van der Waals surface area (Å²) in [5, 5.41) is 12.9. The zero-order valence-electron chi connectivity index (χ0n) is 32.9. The van der Waals surface area contributed by atoms with Gasteiger partial charge in [0.25, 0.3) is 10.0 Å². The monoisotopic (exact) mass is 909 g/mol. The van der Waals surface area contributed by atoms with Crippen molar-refractivity contribution < 1.29 is 37.0 Å². The van der Waals surface area contributed by atoms with Crippen LogP contribution in [0.25, 0.3) is 11.1 Å². The molecule has 8 rings (SSSR count). The molecule has 13 nitrogen and oxygen atoms in total. The van der Waals surface area contributed by atoms with E-state index in [1.807, 2.05) is 66.7 Å². The number of carbonyl (C=O) groups excluding carboxylic acids is 2. The Bertz CT molecular complexity index is 2800. The lowest BCUT2D eigenvalue weighted by atomic mass is 9.93. The van der Waals surface area contributed by atoms with Crippen molar-refractivity contribution in [1.82, 2.24) is 14.6 Å². The van der Waals surface area contributed by atoms with Crippen LogP contribution in [-0.4, -0.2) is 55.4 Å². The number of ether oxygens (including phenoxy) is 4. The summed E-state index contributed by atoms with van der Waals surface area (Å²) in [7, 11) is -3.10. The fourth-order valence-corrected chi connectivity index (χ4v) is 10.2. The Balaban J connectivity index is 1.00. The van der Waals surface area contributed by atoms with Crippen molar-refractivity contribution in [1.29, 1.82) is 5.26 Å². The predicted octanol–water partition coefficient (Wildman–Crippen LogP) is 7.68. The summed E-state index contributed by atoms with van der Waals surface area (Å²) in [5.74, 6) is 0.110. The summed E-state index contributed by atoms with van der Waals surface area (Å²) in [5.41, 5.74) is 11.9. The summed E-state index contributed by atoms with van der Waals surface area (Å²) in [6.45, 7) is 0.299. The number of halogens is 2. The Morgan fingerprint density at radius 3 is 2.31 bits per heavy atom. The highest BCUT2D eigenvalue weighted by Gasteiger charge is 2.42. The summed E-state index contributed by atoms with van der Waals surface area (Å²) >= 11 is 13.0. The van der Waals surface area contributed by atoms with Gasteiger partial charge in [0.15, 0.2) is 26.9 Å². The molecule has 0 fully saturated rings. The first-order valence-corrected chi connectivity index (χ1v) is 22.2. The molecule has 0 aliphatic carbocycles. The minimum atomic E-state index is -4.32. The number of esters is 1. The number of hydrogen-bond acceptors (Lipinski definition) is 12. The standard InChI is InChI=1S/C45H37Cl2N5O8S2/c1-57-44(54)37(17-26-2-7-29(8-3-26)30-9-4-27(21-48)5-10-30)51-43(53)38-18-32-19-39-40(20-33(32)23-52(38)62(55,56)42-22-50-45(49)61-42)60-41(25-59-39)31-11-13-34(14-12-31)58-24-28-6-15-35(46)36(47)16-28/h2-16,19-20,22,37-38,41H,17-18,23-25H2,1H3,(H2,49,50)(H,51,53)/t37-,38?,41+/m0/s1. The quantitative estimate of drug-likeness (QED) is 0.115. The van der Waals surface area contributed by atoms with Crippen molar-refractivity contribution in [3.8, 4) is 34.4 Å². The van der Waals surface area contributed by atoms with Crippen molar-refractivity contribution in [3.63, 3.8) is 0 Å². The third-order valence-electron chi connectivity index (χ3n) is 10.6. The molecular weight excluding hydrogens is 874 g/mol. The molecule has 3 N–H and O–H groups in total. The molecular formula is C45H37Cl2N5O8S2. The molecule has 0 saturated carbocycles. The van der Waals surface area contributed by atoms with E-state index in [-0.39, 0.29) is 35.3 Å². The highest BCUT2D eigenvalue weighted by molar-refractivity contribution is 7.91. The number of nitrogens with one attached hydrogen (secondary N) is 1. The Kier molecular flexibility index (Phi) is 12.4. The van der Waals surface area contributed by atoms with Gasteiger partial charge in [0, 0.05) is 13.0 Å². The molecule has 6 aromatic rings. The molecule has 3 heterocycles. The van der Waals surface area contributed by atoms with Crippen molar-refractivity contribution in [3.05, 3.63) is 153 Å². The number of thiazole rings is 1. The molecule has 17 heteroatoms. The lowest BCUT2D eigenvalue weighted by Gasteiger charge is -2.36. The van der Waals surface area contributed by atoms with Crippen molar-refractivity contribution >= 4 is 61.6 Å². The number of nitriles is 1. The molecule has 1 unspecified atom stereocenters. The van der Waals surface area contributed by atoms with E-state index in [4.69, 9.17) is 53.1 Å². The number of rotatable bonds is 12. The van der Waals surface area contributed by atoms with Gasteiger partial charge in [0.2, 0.25) is 5.91 Å².